The highest BCUT2D eigenvalue weighted by Gasteiger charge is 2.14. The van der Waals surface area contributed by atoms with Gasteiger partial charge < -0.3 is 0 Å². The van der Waals surface area contributed by atoms with Gasteiger partial charge in [-0.15, -0.1) is 96.2 Å². The molecule has 0 radical (unpaired) electrons. The van der Waals surface area contributed by atoms with Crippen LogP contribution >= 0.6 is 107 Å². The predicted molar refractivity (Wildman–Crippen MR) is 382 cm³/mol. The maximum Gasteiger partial charge on any atom is 0.129 e. The van der Waals surface area contributed by atoms with E-state index in [4.69, 9.17) is 0 Å². The number of hydrogen-bond donors (Lipinski definition) is 0. The number of halogens is 1. The lowest BCUT2D eigenvalue weighted by molar-refractivity contribution is 1.15. The summed E-state index contributed by atoms with van der Waals surface area (Å²) in [6.45, 7) is 24.3. The van der Waals surface area contributed by atoms with Gasteiger partial charge in [0.2, 0.25) is 0 Å². The van der Waals surface area contributed by atoms with Gasteiger partial charge in [0.15, 0.2) is 0 Å². The van der Waals surface area contributed by atoms with Gasteiger partial charge in [-0.05, 0) is 252 Å². The molecule has 0 N–H and O–H groups in total. The van der Waals surface area contributed by atoms with E-state index in [2.05, 4.69) is 246 Å². The minimum atomic E-state index is -1.46. The van der Waals surface area contributed by atoms with Gasteiger partial charge in [0, 0.05) is 10.0 Å². The fraction of sp³-hybridized carbons (Fsp3) is 0.253. The molecule has 0 aliphatic carbocycles. The monoisotopic (exact) mass is 1320 g/mol. The number of rotatable bonds is 8. The van der Waals surface area contributed by atoms with Crippen molar-refractivity contribution in [3.8, 4) is 106 Å². The molecule has 0 fully saturated rings. The molecule has 10 heteroatoms. The highest BCUT2D eigenvalue weighted by Crippen LogP contribution is 2.31. The van der Waals surface area contributed by atoms with Crippen molar-refractivity contribution in [2.45, 2.75) is 126 Å². The summed E-state index contributed by atoms with van der Waals surface area (Å²) in [6, 6.07) is 25.8. The molecule has 0 saturated heterocycles. The van der Waals surface area contributed by atoms with E-state index in [-0.39, 0.29) is 0 Å². The molecule has 85 heavy (non-hydrogen) atoms. The summed E-state index contributed by atoms with van der Waals surface area (Å²) in [5, 5.41) is 0. The van der Waals surface area contributed by atoms with Gasteiger partial charge in [0.05, 0.1) is 78.0 Å². The molecule has 8 heterocycles. The lowest BCUT2D eigenvalue weighted by Gasteiger charge is -2.03. The normalized spacial score (nSPS) is 10.4. The van der Waals surface area contributed by atoms with Crippen molar-refractivity contribution in [1.29, 1.82) is 0 Å². The molecular formula is C75H61BrS8Si. The Morgan fingerprint density at radius 2 is 0.459 bits per heavy atom. The summed E-state index contributed by atoms with van der Waals surface area (Å²) in [5.74, 6) is 59.2. The summed E-state index contributed by atoms with van der Waals surface area (Å²) < 4.78 is 1.05. The molecular weight excluding hydrogens is 1270 g/mol. The van der Waals surface area contributed by atoms with Crippen LogP contribution in [-0.4, -0.2) is 8.07 Å². The van der Waals surface area contributed by atoms with Crippen LogP contribution in [0.3, 0.4) is 0 Å². The fourth-order valence-corrected chi connectivity index (χ4v) is 17.1. The largest absolute Gasteiger partial charge is 0.129 e. The number of aryl methyl sites for hydroxylation is 8. The average Bonchev–Trinajstić information content (AvgIpc) is 4.58. The van der Waals surface area contributed by atoms with E-state index in [1.807, 2.05) is 24.3 Å². The second-order valence-corrected chi connectivity index (χ2v) is 34.6. The SMILES string of the molecule is CCc1cc(C#Cc2ccc(Br)cc2)sc1C#Cc1cc(CC)c(C#Cc2cc(CC)c(C#Cc3cc(CC)c(C#Cc4cc(CC)c(C#Cc5cc(CC)c(C#Cc6cc(CC)c(C#Cc7cc(CC)c(C#C[Si](C)(C)C)s7)s6)s5)s4)s3)s2)s1. The molecule has 8 aromatic heterocycles. The molecule has 0 saturated carbocycles. The van der Waals surface area contributed by atoms with Crippen LogP contribution in [0.4, 0.5) is 0 Å². The quantitative estimate of drug-likeness (QED) is 0.105. The zero-order valence-corrected chi connectivity index (χ0v) is 58.8. The second-order valence-electron chi connectivity index (χ2n) is 20.6. The Kier molecular flexibility index (Phi) is 22.1. The Bertz CT molecular complexity index is 4570. The molecule has 0 aliphatic rings. The van der Waals surface area contributed by atoms with Crippen LogP contribution in [0.1, 0.15) is 183 Å². The van der Waals surface area contributed by atoms with E-state index in [9.17, 15) is 0 Å². The Balaban J connectivity index is 0.865. The zero-order valence-electron chi connectivity index (χ0n) is 49.7. The van der Waals surface area contributed by atoms with E-state index >= 15 is 0 Å². The second kappa shape index (κ2) is 29.8. The third kappa shape index (κ3) is 17.0. The van der Waals surface area contributed by atoms with Crippen molar-refractivity contribution in [1.82, 2.24) is 0 Å². The van der Waals surface area contributed by atoms with E-state index < -0.39 is 8.07 Å². The van der Waals surface area contributed by atoms with Crippen molar-refractivity contribution in [3.63, 3.8) is 0 Å². The van der Waals surface area contributed by atoms with Gasteiger partial charge in [-0.25, -0.2) is 0 Å². The van der Waals surface area contributed by atoms with Gasteiger partial charge in [0.25, 0.3) is 0 Å². The minimum absolute atomic E-state index is 0.887. The highest BCUT2D eigenvalue weighted by molar-refractivity contribution is 9.10. The van der Waals surface area contributed by atoms with E-state index in [0.717, 1.165) is 139 Å². The molecule has 0 spiro atoms. The summed E-state index contributed by atoms with van der Waals surface area (Å²) in [7, 11) is -1.46. The first-order valence-corrected chi connectivity index (χ1v) is 39.5. The third-order valence-corrected chi connectivity index (χ3v) is 22.8. The molecule has 0 amide bonds. The van der Waals surface area contributed by atoms with Gasteiger partial charge in [-0.2, -0.15) is 0 Å². The summed E-state index contributed by atoms with van der Waals surface area (Å²) in [4.78, 5) is 16.9. The van der Waals surface area contributed by atoms with Crippen molar-refractivity contribution < 1.29 is 0 Å². The number of benzene rings is 1. The predicted octanol–water partition coefficient (Wildman–Crippen LogP) is 19.9. The zero-order chi connectivity index (χ0) is 60.0. The lowest BCUT2D eigenvalue weighted by Crippen LogP contribution is -2.16. The first-order valence-electron chi connectivity index (χ1n) is 28.6. The van der Waals surface area contributed by atoms with Crippen molar-refractivity contribution in [2.24, 2.45) is 0 Å². The Morgan fingerprint density at radius 3 is 0.647 bits per heavy atom. The first-order chi connectivity index (χ1) is 41.2. The first kappa shape index (κ1) is 63.1. The fourth-order valence-electron chi connectivity index (χ4n) is 8.61. The van der Waals surface area contributed by atoms with Crippen LogP contribution in [0.2, 0.25) is 19.6 Å². The molecule has 0 bridgehead atoms. The van der Waals surface area contributed by atoms with E-state index in [1.54, 1.807) is 90.7 Å². The van der Waals surface area contributed by atoms with E-state index in [0.29, 0.717) is 0 Å². The Hall–Kier alpha value is -6.44. The molecule has 0 atom stereocenters. The molecule has 420 valence electrons. The highest BCUT2D eigenvalue weighted by atomic mass is 79.9. The molecule has 1 aromatic carbocycles. The molecule has 9 rings (SSSR count). The Morgan fingerprint density at radius 1 is 0.271 bits per heavy atom. The minimum Gasteiger partial charge on any atom is -0.126 e. The maximum absolute atomic E-state index is 3.53. The van der Waals surface area contributed by atoms with Crippen molar-refractivity contribution in [2.75, 3.05) is 0 Å². The summed E-state index contributed by atoms with van der Waals surface area (Å²) in [6.07, 6.45) is 7.24. The summed E-state index contributed by atoms with van der Waals surface area (Å²) >= 11 is 17.0. The standard InChI is InChI=1S/C75H61BrS8Si/c1-12-51-42-60(25-22-50-20-23-59(76)24-21-50)77-68(51)33-26-61-43-52(13-2)69(78-61)34-27-62-44-53(14-3)70(79-62)35-28-63-45-54(15-4)71(80-63)36-29-64-46-55(16-5)72(81-64)37-30-65-47-56(17-6)73(82-65)38-31-66-48-57(18-7)74(83-66)39-32-67-49-58(19-8)75(84-67)40-41-85(9,10)11/h20-21,23-24,42-49H,12-19H2,1-11H3. The maximum atomic E-state index is 3.53. The smallest absolute Gasteiger partial charge is 0.126 e. The van der Waals surface area contributed by atoms with E-state index in [1.165, 1.54) is 44.5 Å². The van der Waals surface area contributed by atoms with Crippen LogP contribution in [-0.2, 0) is 51.4 Å². The van der Waals surface area contributed by atoms with Gasteiger partial charge >= 0.3 is 0 Å². The molecule has 0 nitrogen and oxygen atoms in total. The third-order valence-electron chi connectivity index (χ3n) is 13.3. The number of thiophene rings is 8. The molecule has 0 aliphatic heterocycles. The van der Waals surface area contributed by atoms with Crippen LogP contribution in [0.25, 0.3) is 0 Å². The van der Waals surface area contributed by atoms with Crippen molar-refractivity contribution in [3.05, 3.63) is 205 Å². The number of hydrogen-bond acceptors (Lipinski definition) is 8. The van der Waals surface area contributed by atoms with Crippen LogP contribution in [0, 0.1) is 106 Å². The average molecular weight is 1330 g/mol. The van der Waals surface area contributed by atoms with Gasteiger partial charge in [-0.3, -0.25) is 0 Å². The van der Waals surface area contributed by atoms with Gasteiger partial charge in [-0.1, -0.05) is 109 Å². The molecule has 9 aromatic rings. The van der Waals surface area contributed by atoms with Gasteiger partial charge in [0.1, 0.15) is 8.07 Å². The van der Waals surface area contributed by atoms with Crippen LogP contribution in [0.5, 0.6) is 0 Å². The van der Waals surface area contributed by atoms with Crippen LogP contribution in [0.15, 0.2) is 77.3 Å². The Labute approximate surface area is 547 Å². The summed E-state index contributed by atoms with van der Waals surface area (Å²) in [5.41, 5.74) is 14.4. The lowest BCUT2D eigenvalue weighted by atomic mass is 10.1. The molecule has 0 unspecified atom stereocenters. The van der Waals surface area contributed by atoms with Crippen LogP contribution < -0.4 is 0 Å². The van der Waals surface area contributed by atoms with Crippen molar-refractivity contribution >= 4 is 115 Å². The topological polar surface area (TPSA) is 0 Å².